The van der Waals surface area contributed by atoms with E-state index in [4.69, 9.17) is 0 Å². The van der Waals surface area contributed by atoms with Gasteiger partial charge in [-0.25, -0.2) is 0 Å². The number of fused-ring (bicyclic) bond motifs is 3. The normalized spacial score (nSPS) is 24.4. The van der Waals surface area contributed by atoms with Gasteiger partial charge in [0.05, 0.1) is 0 Å². The van der Waals surface area contributed by atoms with Crippen LogP contribution >= 0.6 is 11.3 Å². The Balaban J connectivity index is 1.10. The molecule has 6 aromatic rings. The molecule has 2 atom stereocenters. The van der Waals surface area contributed by atoms with Gasteiger partial charge < -0.3 is 4.90 Å². The highest BCUT2D eigenvalue weighted by molar-refractivity contribution is 7.25. The van der Waals surface area contributed by atoms with Crippen LogP contribution in [-0.4, -0.2) is 0 Å². The molecule has 1 aromatic heterocycles. The number of hydrogen-bond acceptors (Lipinski definition) is 2. The van der Waals surface area contributed by atoms with E-state index in [0.29, 0.717) is 5.41 Å². The molecule has 48 heavy (non-hydrogen) atoms. The van der Waals surface area contributed by atoms with E-state index < -0.39 is 0 Å². The van der Waals surface area contributed by atoms with E-state index in [9.17, 15) is 0 Å². The van der Waals surface area contributed by atoms with E-state index in [2.05, 4.69) is 134 Å². The van der Waals surface area contributed by atoms with Crippen molar-refractivity contribution in [2.75, 3.05) is 4.90 Å². The molecule has 4 bridgehead atoms. The maximum atomic E-state index is 4.00. The summed E-state index contributed by atoms with van der Waals surface area (Å²) < 4.78 is 2.70. The highest BCUT2D eigenvalue weighted by Gasteiger charge is 2.58. The largest absolute Gasteiger partial charge is 0.310 e. The first-order chi connectivity index (χ1) is 23.5. The second-order valence-electron chi connectivity index (χ2n) is 15.3. The molecule has 5 aromatic carbocycles. The lowest BCUT2D eigenvalue weighted by atomic mass is 9.42. The molecule has 0 saturated heterocycles. The summed E-state index contributed by atoms with van der Waals surface area (Å²) >= 11 is 1.89. The number of aryl methyl sites for hydroxylation is 1. The lowest BCUT2D eigenvalue weighted by molar-refractivity contribution is -0.0281. The molecule has 0 aliphatic heterocycles. The molecule has 0 spiro atoms. The minimum absolute atomic E-state index is 0.278. The standard InChI is InChI=1S/C46H45NS/c1-3-5-8-33-13-19-38(20-14-33)47(40-23-24-44-42(26-40)41-9-6-7-10-43(41)48-44)39-21-17-37(18-22-39)46-29-34-25-35(30-46)28-45(27-34,31-46)36-15-11-32(4-2)12-16-36/h4,6-7,9-24,26,34-35H,2-3,5,8,25,27-31H2,1H3. The van der Waals surface area contributed by atoms with Gasteiger partial charge in [-0.1, -0.05) is 92.7 Å². The van der Waals surface area contributed by atoms with Crippen molar-refractivity contribution < 1.29 is 0 Å². The fraction of sp³-hybridized carbons (Fsp3) is 0.304. The van der Waals surface area contributed by atoms with Crippen LogP contribution < -0.4 is 4.90 Å². The van der Waals surface area contributed by atoms with E-state index in [1.807, 2.05) is 17.4 Å². The van der Waals surface area contributed by atoms with Crippen molar-refractivity contribution in [1.29, 1.82) is 0 Å². The number of thiophene rings is 1. The summed E-state index contributed by atoms with van der Waals surface area (Å²) in [5.41, 5.74) is 10.0. The third-order valence-corrected chi connectivity index (χ3v) is 13.3. The number of nitrogens with zero attached hydrogens (tertiary/aromatic N) is 1. The Hall–Kier alpha value is -4.14. The Morgan fingerprint density at radius 3 is 1.92 bits per heavy atom. The smallest absolute Gasteiger partial charge is 0.0468 e. The Bertz CT molecular complexity index is 2090. The SMILES string of the molecule is C=Cc1ccc(C23CC4CC(C2)CC(c2ccc(N(c5ccc(CCCC)cc5)c5ccc6sc7ccccc7c6c5)cc2)(C4)C3)cc1. The zero-order valence-corrected chi connectivity index (χ0v) is 28.9. The third kappa shape index (κ3) is 5.03. The Morgan fingerprint density at radius 1 is 0.688 bits per heavy atom. The van der Waals surface area contributed by atoms with Crippen LogP contribution in [0.15, 0.2) is 122 Å². The average Bonchev–Trinajstić information content (AvgIpc) is 3.49. The van der Waals surface area contributed by atoms with Crippen molar-refractivity contribution in [2.24, 2.45) is 11.8 Å². The molecular weight excluding hydrogens is 599 g/mol. The molecule has 10 rings (SSSR count). The Labute approximate surface area is 289 Å². The van der Waals surface area contributed by atoms with Crippen LogP contribution in [0.3, 0.4) is 0 Å². The zero-order valence-electron chi connectivity index (χ0n) is 28.1. The first kappa shape index (κ1) is 30.0. The summed E-state index contributed by atoms with van der Waals surface area (Å²) in [5.74, 6) is 1.67. The van der Waals surface area contributed by atoms with Gasteiger partial charge in [-0.3, -0.25) is 0 Å². The van der Waals surface area contributed by atoms with Crippen molar-refractivity contribution in [2.45, 2.75) is 75.5 Å². The van der Waals surface area contributed by atoms with E-state index in [0.717, 1.165) is 18.3 Å². The number of hydrogen-bond donors (Lipinski definition) is 0. The summed E-state index contributed by atoms with van der Waals surface area (Å²) in [4.78, 5) is 2.47. The van der Waals surface area contributed by atoms with E-state index in [-0.39, 0.29) is 5.41 Å². The van der Waals surface area contributed by atoms with Gasteiger partial charge in [-0.15, -0.1) is 11.3 Å². The number of unbranched alkanes of at least 4 members (excludes halogenated alkanes) is 1. The molecule has 2 unspecified atom stereocenters. The third-order valence-electron chi connectivity index (χ3n) is 12.2. The van der Waals surface area contributed by atoms with Crippen LogP contribution in [-0.2, 0) is 17.3 Å². The summed E-state index contributed by atoms with van der Waals surface area (Å²) in [7, 11) is 0. The number of benzene rings is 5. The second-order valence-corrected chi connectivity index (χ2v) is 16.4. The fourth-order valence-corrected chi connectivity index (χ4v) is 11.5. The molecule has 4 fully saturated rings. The summed E-state index contributed by atoms with van der Waals surface area (Å²) in [6.07, 6.45) is 13.7. The number of rotatable bonds is 9. The Kier molecular flexibility index (Phi) is 7.35. The highest BCUT2D eigenvalue weighted by atomic mass is 32.1. The molecule has 1 nitrogen and oxygen atoms in total. The summed E-state index contributed by atoms with van der Waals surface area (Å²) in [6.45, 7) is 6.27. The second kappa shape index (κ2) is 11.8. The van der Waals surface area contributed by atoms with Crippen LogP contribution in [0.5, 0.6) is 0 Å². The first-order valence-electron chi connectivity index (χ1n) is 18.2. The molecule has 240 valence electrons. The predicted molar refractivity (Wildman–Crippen MR) is 207 cm³/mol. The molecule has 0 radical (unpaired) electrons. The van der Waals surface area contributed by atoms with Crippen molar-refractivity contribution in [1.82, 2.24) is 0 Å². The van der Waals surface area contributed by atoms with Gasteiger partial charge in [0.15, 0.2) is 0 Å². The van der Waals surface area contributed by atoms with Gasteiger partial charge in [-0.2, -0.15) is 0 Å². The molecule has 4 saturated carbocycles. The van der Waals surface area contributed by atoms with Gasteiger partial charge >= 0.3 is 0 Å². The van der Waals surface area contributed by atoms with Crippen LogP contribution in [0.2, 0.25) is 0 Å². The van der Waals surface area contributed by atoms with Gasteiger partial charge in [0.2, 0.25) is 0 Å². The molecule has 1 heterocycles. The first-order valence-corrected chi connectivity index (χ1v) is 19.0. The van der Waals surface area contributed by atoms with E-state index in [1.54, 1.807) is 11.1 Å². The van der Waals surface area contributed by atoms with Gasteiger partial charge in [0, 0.05) is 37.2 Å². The monoisotopic (exact) mass is 643 g/mol. The minimum atomic E-state index is 0.278. The molecular formula is C46H45NS. The van der Waals surface area contributed by atoms with E-state index in [1.165, 1.54) is 99.7 Å². The van der Waals surface area contributed by atoms with Crippen LogP contribution in [0.4, 0.5) is 17.1 Å². The molecule has 0 N–H and O–H groups in total. The average molecular weight is 644 g/mol. The van der Waals surface area contributed by atoms with Gasteiger partial charge in [0.1, 0.15) is 0 Å². The van der Waals surface area contributed by atoms with Crippen LogP contribution in [0.1, 0.15) is 80.5 Å². The molecule has 4 aliphatic carbocycles. The lowest BCUT2D eigenvalue weighted by Gasteiger charge is -2.63. The minimum Gasteiger partial charge on any atom is -0.310 e. The topological polar surface area (TPSA) is 3.24 Å². The number of anilines is 3. The highest BCUT2D eigenvalue weighted by Crippen LogP contribution is 2.66. The van der Waals surface area contributed by atoms with Gasteiger partial charge in [-0.05, 0) is 145 Å². The summed E-state index contributed by atoms with van der Waals surface area (Å²) in [5, 5.41) is 2.69. The Morgan fingerprint density at radius 2 is 1.27 bits per heavy atom. The predicted octanol–water partition coefficient (Wildman–Crippen LogP) is 13.3. The fourth-order valence-electron chi connectivity index (χ4n) is 10.4. The van der Waals surface area contributed by atoms with Crippen molar-refractivity contribution in [3.05, 3.63) is 144 Å². The maximum Gasteiger partial charge on any atom is 0.0468 e. The van der Waals surface area contributed by atoms with Gasteiger partial charge in [0.25, 0.3) is 0 Å². The van der Waals surface area contributed by atoms with Crippen molar-refractivity contribution in [3.8, 4) is 0 Å². The molecule has 0 amide bonds. The quantitative estimate of drug-likeness (QED) is 0.152. The van der Waals surface area contributed by atoms with Crippen molar-refractivity contribution in [3.63, 3.8) is 0 Å². The van der Waals surface area contributed by atoms with Crippen molar-refractivity contribution >= 4 is 54.6 Å². The lowest BCUT2D eigenvalue weighted by Crippen LogP contribution is -2.55. The summed E-state index contributed by atoms with van der Waals surface area (Å²) in [6, 6.07) is 44.4. The molecule has 2 heteroatoms. The van der Waals surface area contributed by atoms with E-state index >= 15 is 0 Å². The van der Waals surface area contributed by atoms with Crippen LogP contribution in [0.25, 0.3) is 26.2 Å². The zero-order chi connectivity index (χ0) is 32.3. The molecule has 4 aliphatic rings. The van der Waals surface area contributed by atoms with Crippen LogP contribution in [0, 0.1) is 11.8 Å². The maximum absolute atomic E-state index is 4.00.